The van der Waals surface area contributed by atoms with E-state index in [-0.39, 0.29) is 37.8 Å². The van der Waals surface area contributed by atoms with E-state index < -0.39 is 5.97 Å². The number of benzene rings is 1. The van der Waals surface area contributed by atoms with Crippen LogP contribution in [0.15, 0.2) is 24.3 Å². The van der Waals surface area contributed by atoms with Gasteiger partial charge in [0.25, 0.3) is 0 Å². The van der Waals surface area contributed by atoms with Crippen molar-refractivity contribution in [2.24, 2.45) is 0 Å². The molecule has 1 aliphatic rings. The number of ether oxygens (including phenoxy) is 2. The molecule has 0 aromatic heterocycles. The van der Waals surface area contributed by atoms with Gasteiger partial charge in [0.15, 0.2) is 0 Å². The molecule has 0 aliphatic carbocycles. The SMILES string of the molecule is CCOC(=O)CCC(=O)N(C)CC(=O)Nc1ccc(N2CCOCC2)cc1. The number of likely N-dealkylation sites (N-methyl/N-ethyl adjacent to an activating group) is 1. The Bertz CT molecular complexity index is 641. The van der Waals surface area contributed by atoms with Crippen LogP contribution in [0.25, 0.3) is 0 Å². The van der Waals surface area contributed by atoms with Crippen molar-refractivity contribution < 1.29 is 23.9 Å². The van der Waals surface area contributed by atoms with E-state index in [2.05, 4.69) is 10.2 Å². The van der Waals surface area contributed by atoms with Gasteiger partial charge in [0.1, 0.15) is 0 Å². The first-order chi connectivity index (χ1) is 13.0. The quantitative estimate of drug-likeness (QED) is 0.687. The monoisotopic (exact) mass is 377 g/mol. The number of carbonyl (C=O) groups excluding carboxylic acids is 3. The molecule has 1 aromatic rings. The standard InChI is InChI=1S/C19H27N3O5/c1-3-27-19(25)9-8-18(24)21(2)14-17(23)20-15-4-6-16(7-5-15)22-10-12-26-13-11-22/h4-7H,3,8-14H2,1-2H3,(H,20,23). The molecule has 1 saturated heterocycles. The lowest BCUT2D eigenvalue weighted by atomic mass is 10.2. The first kappa shape index (κ1) is 20.7. The van der Waals surface area contributed by atoms with Gasteiger partial charge < -0.3 is 24.6 Å². The second kappa shape index (κ2) is 10.5. The van der Waals surface area contributed by atoms with E-state index in [1.165, 1.54) is 11.9 Å². The molecule has 1 fully saturated rings. The molecule has 0 unspecified atom stereocenters. The molecule has 1 heterocycles. The Balaban J connectivity index is 1.77. The molecule has 1 aromatic carbocycles. The number of morpholine rings is 1. The second-order valence-corrected chi connectivity index (χ2v) is 6.25. The Hall–Kier alpha value is -2.61. The van der Waals surface area contributed by atoms with Gasteiger partial charge >= 0.3 is 5.97 Å². The third-order valence-electron chi connectivity index (χ3n) is 4.18. The first-order valence-electron chi connectivity index (χ1n) is 9.11. The third-order valence-corrected chi connectivity index (χ3v) is 4.18. The van der Waals surface area contributed by atoms with Crippen molar-refractivity contribution in [3.05, 3.63) is 24.3 Å². The van der Waals surface area contributed by atoms with Crippen molar-refractivity contribution in [1.29, 1.82) is 0 Å². The van der Waals surface area contributed by atoms with E-state index in [1.54, 1.807) is 6.92 Å². The minimum absolute atomic E-state index is 0.0155. The zero-order valence-electron chi connectivity index (χ0n) is 15.9. The zero-order valence-corrected chi connectivity index (χ0v) is 15.9. The summed E-state index contributed by atoms with van der Waals surface area (Å²) in [5.41, 5.74) is 1.76. The van der Waals surface area contributed by atoms with Gasteiger partial charge in [-0.05, 0) is 31.2 Å². The second-order valence-electron chi connectivity index (χ2n) is 6.25. The molecule has 0 bridgehead atoms. The number of hydrogen-bond donors (Lipinski definition) is 1. The van der Waals surface area contributed by atoms with Gasteiger partial charge in [-0.15, -0.1) is 0 Å². The number of amides is 2. The number of carbonyl (C=O) groups is 3. The van der Waals surface area contributed by atoms with Crippen LogP contribution in [0, 0.1) is 0 Å². The lowest BCUT2D eigenvalue weighted by Gasteiger charge is -2.28. The number of hydrogen-bond acceptors (Lipinski definition) is 6. The van der Waals surface area contributed by atoms with Gasteiger partial charge in [-0.25, -0.2) is 0 Å². The van der Waals surface area contributed by atoms with Crippen LogP contribution in [0.3, 0.4) is 0 Å². The minimum atomic E-state index is -0.413. The summed E-state index contributed by atoms with van der Waals surface area (Å²) in [7, 11) is 1.54. The van der Waals surface area contributed by atoms with Crippen molar-refractivity contribution >= 4 is 29.2 Å². The van der Waals surface area contributed by atoms with Crippen LogP contribution in [0.1, 0.15) is 19.8 Å². The number of esters is 1. The van der Waals surface area contributed by atoms with Gasteiger partial charge in [0.2, 0.25) is 11.8 Å². The Morgan fingerprint density at radius 2 is 1.81 bits per heavy atom. The van der Waals surface area contributed by atoms with Crippen molar-refractivity contribution in [3.8, 4) is 0 Å². The number of anilines is 2. The van der Waals surface area contributed by atoms with Gasteiger partial charge in [-0.1, -0.05) is 0 Å². The molecule has 0 radical (unpaired) electrons. The molecule has 2 rings (SSSR count). The summed E-state index contributed by atoms with van der Waals surface area (Å²) in [5, 5.41) is 2.78. The summed E-state index contributed by atoms with van der Waals surface area (Å²) in [6.07, 6.45) is 0.0402. The molecule has 2 amide bonds. The molecular weight excluding hydrogens is 350 g/mol. The molecule has 0 saturated carbocycles. The fraction of sp³-hybridized carbons (Fsp3) is 0.526. The van der Waals surface area contributed by atoms with E-state index in [4.69, 9.17) is 9.47 Å². The molecule has 8 heteroatoms. The average molecular weight is 377 g/mol. The minimum Gasteiger partial charge on any atom is -0.466 e. The highest BCUT2D eigenvalue weighted by Gasteiger charge is 2.15. The van der Waals surface area contributed by atoms with Gasteiger partial charge in [0, 0.05) is 37.9 Å². The fourth-order valence-corrected chi connectivity index (χ4v) is 2.71. The lowest BCUT2D eigenvalue weighted by molar-refractivity contribution is -0.145. The molecular formula is C19H27N3O5. The van der Waals surface area contributed by atoms with E-state index in [0.29, 0.717) is 5.69 Å². The molecule has 1 N–H and O–H groups in total. The van der Waals surface area contributed by atoms with Gasteiger partial charge in [-0.3, -0.25) is 14.4 Å². The highest BCUT2D eigenvalue weighted by Crippen LogP contribution is 2.19. The topological polar surface area (TPSA) is 88.2 Å². The molecule has 0 spiro atoms. The first-order valence-corrected chi connectivity index (χ1v) is 9.11. The van der Waals surface area contributed by atoms with Crippen LogP contribution in [-0.2, 0) is 23.9 Å². The van der Waals surface area contributed by atoms with Crippen LogP contribution in [0.4, 0.5) is 11.4 Å². The highest BCUT2D eigenvalue weighted by molar-refractivity contribution is 5.94. The van der Waals surface area contributed by atoms with Crippen molar-refractivity contribution in [2.75, 3.05) is 56.7 Å². The zero-order chi connectivity index (χ0) is 19.6. The predicted octanol–water partition coefficient (Wildman–Crippen LogP) is 1.26. The van der Waals surface area contributed by atoms with E-state index in [9.17, 15) is 14.4 Å². The van der Waals surface area contributed by atoms with Crippen molar-refractivity contribution in [1.82, 2.24) is 4.90 Å². The largest absolute Gasteiger partial charge is 0.466 e. The smallest absolute Gasteiger partial charge is 0.306 e. The predicted molar refractivity (Wildman–Crippen MR) is 102 cm³/mol. The third kappa shape index (κ3) is 6.90. The molecule has 1 aliphatic heterocycles. The summed E-state index contributed by atoms with van der Waals surface area (Å²) < 4.78 is 10.1. The van der Waals surface area contributed by atoms with Crippen molar-refractivity contribution in [3.63, 3.8) is 0 Å². The Morgan fingerprint density at radius 3 is 2.44 bits per heavy atom. The Morgan fingerprint density at radius 1 is 1.15 bits per heavy atom. The van der Waals surface area contributed by atoms with E-state index in [0.717, 1.165) is 32.0 Å². The summed E-state index contributed by atoms with van der Waals surface area (Å²) in [6, 6.07) is 7.58. The maximum absolute atomic E-state index is 12.1. The fourth-order valence-electron chi connectivity index (χ4n) is 2.71. The number of nitrogens with one attached hydrogen (secondary N) is 1. The van der Waals surface area contributed by atoms with E-state index >= 15 is 0 Å². The van der Waals surface area contributed by atoms with Crippen molar-refractivity contribution in [2.45, 2.75) is 19.8 Å². The summed E-state index contributed by atoms with van der Waals surface area (Å²) >= 11 is 0. The molecule has 148 valence electrons. The van der Waals surface area contributed by atoms with Crippen LogP contribution in [0.2, 0.25) is 0 Å². The maximum Gasteiger partial charge on any atom is 0.306 e. The van der Waals surface area contributed by atoms with Crippen LogP contribution < -0.4 is 10.2 Å². The normalized spacial score (nSPS) is 13.8. The summed E-state index contributed by atoms with van der Waals surface area (Å²) in [5.74, 6) is -0.981. The number of nitrogens with zero attached hydrogens (tertiary/aromatic N) is 2. The molecule has 27 heavy (non-hydrogen) atoms. The Labute approximate surface area is 159 Å². The van der Waals surface area contributed by atoms with Crippen LogP contribution >= 0.6 is 0 Å². The van der Waals surface area contributed by atoms with E-state index in [1.807, 2.05) is 24.3 Å². The Kier molecular flexibility index (Phi) is 8.06. The molecule has 0 atom stereocenters. The van der Waals surface area contributed by atoms with Gasteiger partial charge in [-0.2, -0.15) is 0 Å². The number of rotatable bonds is 8. The average Bonchev–Trinajstić information content (AvgIpc) is 2.67. The lowest BCUT2D eigenvalue weighted by Crippen LogP contribution is -2.36. The van der Waals surface area contributed by atoms with Gasteiger partial charge in [0.05, 0.1) is 32.8 Å². The summed E-state index contributed by atoms with van der Waals surface area (Å²) in [6.45, 7) is 5.06. The van der Waals surface area contributed by atoms with Crippen LogP contribution in [0.5, 0.6) is 0 Å². The highest BCUT2D eigenvalue weighted by atomic mass is 16.5. The maximum atomic E-state index is 12.1. The molecule has 8 nitrogen and oxygen atoms in total. The summed E-state index contributed by atoms with van der Waals surface area (Å²) in [4.78, 5) is 38.9. The van der Waals surface area contributed by atoms with Crippen LogP contribution in [-0.4, -0.2) is 69.2 Å².